The number of amides is 1. The summed E-state index contributed by atoms with van der Waals surface area (Å²) in [5.41, 5.74) is 1.77. The van der Waals surface area contributed by atoms with E-state index in [0.717, 1.165) is 39.9 Å². The summed E-state index contributed by atoms with van der Waals surface area (Å²) in [7, 11) is 0. The number of benzene rings is 2. The molecule has 4 nitrogen and oxygen atoms in total. The Morgan fingerprint density at radius 3 is 2.76 bits per heavy atom. The predicted molar refractivity (Wildman–Crippen MR) is 101 cm³/mol. The number of carbonyl (C=O) groups excluding carboxylic acids is 1. The molecule has 6 heteroatoms. The maximum Gasteiger partial charge on any atom is 0.267 e. The molecular weight excluding hydrogens is 358 g/mol. The van der Waals surface area contributed by atoms with Gasteiger partial charge in [-0.15, -0.1) is 11.3 Å². The fourth-order valence-corrected chi connectivity index (χ4v) is 4.33. The molecule has 2 aromatic carbocycles. The lowest BCUT2D eigenvalue weighted by atomic mass is 10.1. The summed E-state index contributed by atoms with van der Waals surface area (Å²) in [5, 5.41) is 4.39. The minimum Gasteiger partial charge on any atom is -0.454 e. The Kier molecular flexibility index (Phi) is 4.27. The average Bonchev–Trinajstić information content (AvgIpc) is 3.20. The highest BCUT2D eigenvalue weighted by molar-refractivity contribution is 7.21. The number of hydrogen-bond donors (Lipinski definition) is 1. The number of thiophene rings is 1. The molecule has 0 aliphatic carbocycles. The highest BCUT2D eigenvalue weighted by Gasteiger charge is 2.21. The lowest BCUT2D eigenvalue weighted by Crippen LogP contribution is -2.12. The van der Waals surface area contributed by atoms with Gasteiger partial charge in [0.2, 0.25) is 6.79 Å². The number of nitrogens with one attached hydrogen (secondary N) is 1. The van der Waals surface area contributed by atoms with E-state index >= 15 is 0 Å². The SMILES string of the molecule is CCCc1cc2c(cc1NC(=O)c1sc3ccccc3c1Cl)OCO2. The Labute approximate surface area is 154 Å². The van der Waals surface area contributed by atoms with Crippen molar-refractivity contribution >= 4 is 44.6 Å². The monoisotopic (exact) mass is 373 g/mol. The van der Waals surface area contributed by atoms with Crippen molar-refractivity contribution in [2.24, 2.45) is 0 Å². The molecule has 1 aliphatic rings. The third kappa shape index (κ3) is 2.94. The number of hydrogen-bond acceptors (Lipinski definition) is 4. The van der Waals surface area contributed by atoms with Gasteiger partial charge in [-0.1, -0.05) is 43.1 Å². The van der Waals surface area contributed by atoms with Gasteiger partial charge in [0.1, 0.15) is 4.88 Å². The number of aryl methyl sites for hydroxylation is 1. The molecule has 0 radical (unpaired) electrons. The van der Waals surface area contributed by atoms with Crippen LogP contribution in [0.2, 0.25) is 5.02 Å². The van der Waals surface area contributed by atoms with Gasteiger partial charge in [0.25, 0.3) is 5.91 Å². The largest absolute Gasteiger partial charge is 0.454 e. The molecule has 0 saturated carbocycles. The molecular formula is C19H16ClNO3S. The molecule has 1 amide bonds. The third-order valence-electron chi connectivity index (χ3n) is 4.11. The van der Waals surface area contributed by atoms with Crippen molar-refractivity contribution in [2.75, 3.05) is 12.1 Å². The van der Waals surface area contributed by atoms with Crippen LogP contribution in [0.25, 0.3) is 10.1 Å². The van der Waals surface area contributed by atoms with Gasteiger partial charge in [0.05, 0.1) is 5.02 Å². The number of halogens is 1. The lowest BCUT2D eigenvalue weighted by Gasteiger charge is -2.11. The quantitative estimate of drug-likeness (QED) is 0.657. The molecule has 1 N–H and O–H groups in total. The van der Waals surface area contributed by atoms with Crippen LogP contribution in [0.4, 0.5) is 5.69 Å². The van der Waals surface area contributed by atoms with E-state index in [1.165, 1.54) is 11.3 Å². The fourth-order valence-electron chi connectivity index (χ4n) is 2.92. The Bertz CT molecular complexity index is 967. The topological polar surface area (TPSA) is 47.6 Å². The Balaban J connectivity index is 1.69. The second kappa shape index (κ2) is 6.58. The minimum atomic E-state index is -0.206. The van der Waals surface area contributed by atoms with Gasteiger partial charge in [-0.05, 0) is 24.1 Å². The highest BCUT2D eigenvalue weighted by atomic mass is 35.5. The second-order valence-corrected chi connectivity index (χ2v) is 7.24. The van der Waals surface area contributed by atoms with Crippen LogP contribution in [-0.4, -0.2) is 12.7 Å². The molecule has 0 spiro atoms. The highest BCUT2D eigenvalue weighted by Crippen LogP contribution is 2.39. The van der Waals surface area contributed by atoms with Gasteiger partial charge in [-0.3, -0.25) is 4.79 Å². The predicted octanol–water partition coefficient (Wildman–Crippen LogP) is 5.49. The van der Waals surface area contributed by atoms with Crippen molar-refractivity contribution in [3.05, 3.63) is 51.9 Å². The molecule has 0 saturated heterocycles. The van der Waals surface area contributed by atoms with Crippen LogP contribution in [0.5, 0.6) is 11.5 Å². The van der Waals surface area contributed by atoms with E-state index < -0.39 is 0 Å². The van der Waals surface area contributed by atoms with Crippen LogP contribution in [0.1, 0.15) is 28.6 Å². The van der Waals surface area contributed by atoms with E-state index in [9.17, 15) is 4.79 Å². The summed E-state index contributed by atoms with van der Waals surface area (Å²) in [5.74, 6) is 1.17. The molecule has 128 valence electrons. The van der Waals surface area contributed by atoms with Crippen LogP contribution in [0, 0.1) is 0 Å². The molecule has 0 fully saturated rings. The fraction of sp³-hybridized carbons (Fsp3) is 0.211. The van der Waals surface area contributed by atoms with Crippen LogP contribution >= 0.6 is 22.9 Å². The standard InChI is InChI=1S/C19H16ClNO3S/c1-2-5-11-8-14-15(24-10-23-14)9-13(11)21-19(22)18-17(20)12-6-3-4-7-16(12)25-18/h3-4,6-9H,2,5,10H2,1H3,(H,21,22). The summed E-state index contributed by atoms with van der Waals surface area (Å²) in [4.78, 5) is 13.3. The molecule has 3 aromatic rings. The third-order valence-corrected chi connectivity index (χ3v) is 5.78. The molecule has 25 heavy (non-hydrogen) atoms. The van der Waals surface area contributed by atoms with E-state index in [2.05, 4.69) is 12.2 Å². The van der Waals surface area contributed by atoms with E-state index in [-0.39, 0.29) is 12.7 Å². The van der Waals surface area contributed by atoms with Crippen LogP contribution in [-0.2, 0) is 6.42 Å². The number of ether oxygens (including phenoxy) is 2. The number of carbonyl (C=O) groups is 1. The first kappa shape index (κ1) is 16.2. The Hall–Kier alpha value is -2.24. The Morgan fingerprint density at radius 1 is 1.24 bits per heavy atom. The van der Waals surface area contributed by atoms with E-state index in [1.54, 1.807) is 0 Å². The van der Waals surface area contributed by atoms with Crippen LogP contribution in [0.3, 0.4) is 0 Å². The summed E-state index contributed by atoms with van der Waals surface area (Å²) in [6.07, 6.45) is 1.80. The maximum atomic E-state index is 12.8. The normalized spacial score (nSPS) is 12.6. The lowest BCUT2D eigenvalue weighted by molar-refractivity contribution is 0.103. The van der Waals surface area contributed by atoms with Gasteiger partial charge in [-0.2, -0.15) is 0 Å². The summed E-state index contributed by atoms with van der Waals surface area (Å²) in [6.45, 7) is 2.31. The van der Waals surface area contributed by atoms with Gasteiger partial charge >= 0.3 is 0 Å². The van der Waals surface area contributed by atoms with E-state index in [0.29, 0.717) is 15.6 Å². The minimum absolute atomic E-state index is 0.206. The first-order valence-corrected chi connectivity index (χ1v) is 9.27. The molecule has 4 rings (SSSR count). The van der Waals surface area contributed by atoms with Crippen molar-refractivity contribution in [1.82, 2.24) is 0 Å². The van der Waals surface area contributed by atoms with Crippen LogP contribution < -0.4 is 14.8 Å². The van der Waals surface area contributed by atoms with Crippen LogP contribution in [0.15, 0.2) is 36.4 Å². The van der Waals surface area contributed by atoms with Gasteiger partial charge in [-0.25, -0.2) is 0 Å². The first-order chi connectivity index (χ1) is 12.2. The number of fused-ring (bicyclic) bond motifs is 2. The van der Waals surface area contributed by atoms with Gasteiger partial charge in [0, 0.05) is 21.8 Å². The van der Waals surface area contributed by atoms with Gasteiger partial charge < -0.3 is 14.8 Å². The zero-order valence-corrected chi connectivity index (χ0v) is 15.2. The maximum absolute atomic E-state index is 12.8. The first-order valence-electron chi connectivity index (χ1n) is 8.08. The van der Waals surface area contributed by atoms with Crippen molar-refractivity contribution in [2.45, 2.75) is 19.8 Å². The average molecular weight is 374 g/mol. The van der Waals surface area contributed by atoms with Crippen molar-refractivity contribution in [3.8, 4) is 11.5 Å². The molecule has 0 atom stereocenters. The summed E-state index contributed by atoms with van der Waals surface area (Å²) >= 11 is 7.81. The van der Waals surface area contributed by atoms with E-state index in [4.69, 9.17) is 21.1 Å². The summed E-state index contributed by atoms with van der Waals surface area (Å²) in [6, 6.07) is 11.5. The van der Waals surface area contributed by atoms with Gasteiger partial charge in [0.15, 0.2) is 11.5 Å². The number of rotatable bonds is 4. The second-order valence-electron chi connectivity index (χ2n) is 5.81. The van der Waals surface area contributed by atoms with Crippen molar-refractivity contribution < 1.29 is 14.3 Å². The Morgan fingerprint density at radius 2 is 2.00 bits per heavy atom. The molecule has 1 aliphatic heterocycles. The molecule has 0 unspecified atom stereocenters. The van der Waals surface area contributed by atoms with Crippen molar-refractivity contribution in [1.29, 1.82) is 0 Å². The van der Waals surface area contributed by atoms with Crippen molar-refractivity contribution in [3.63, 3.8) is 0 Å². The zero-order valence-electron chi connectivity index (χ0n) is 13.6. The molecule has 1 aromatic heterocycles. The molecule has 0 bridgehead atoms. The smallest absolute Gasteiger partial charge is 0.267 e. The summed E-state index contributed by atoms with van der Waals surface area (Å²) < 4.78 is 11.9. The number of anilines is 1. The van der Waals surface area contributed by atoms with E-state index in [1.807, 2.05) is 36.4 Å². The molecule has 2 heterocycles. The zero-order chi connectivity index (χ0) is 17.4.